The molecule has 2 nitrogen and oxygen atoms in total. The zero-order chi connectivity index (χ0) is 11.0. The number of hydrogen-bond acceptors (Lipinski definition) is 2. The molecule has 0 saturated heterocycles. The maximum Gasteiger partial charge on any atom is 0.124 e. The van der Waals surface area contributed by atoms with Crippen LogP contribution in [0.2, 0.25) is 0 Å². The van der Waals surface area contributed by atoms with Crippen molar-refractivity contribution >= 4 is 12.0 Å². The van der Waals surface area contributed by atoms with E-state index in [1.807, 2.05) is 0 Å². The Morgan fingerprint density at radius 3 is 3.00 bits per heavy atom. The molecular weight excluding hydrogens is 198 g/mol. The van der Waals surface area contributed by atoms with Crippen LogP contribution in [0.15, 0.2) is 18.2 Å². The smallest absolute Gasteiger partial charge is 0.124 e. The number of hydrogen-bond donors (Lipinski definition) is 0. The van der Waals surface area contributed by atoms with Gasteiger partial charge in [0.1, 0.15) is 6.29 Å². The van der Waals surface area contributed by atoms with Crippen molar-refractivity contribution in [1.82, 2.24) is 0 Å². The lowest BCUT2D eigenvalue weighted by atomic mass is 10.1. The van der Waals surface area contributed by atoms with Crippen LogP contribution in [0.1, 0.15) is 24.0 Å². The quantitative estimate of drug-likeness (QED) is 0.718. The van der Waals surface area contributed by atoms with E-state index in [0.717, 1.165) is 30.7 Å². The lowest BCUT2D eigenvalue weighted by Gasteiger charge is -2.19. The molecule has 0 atom stereocenters. The maximum atomic E-state index is 10.5. The molecule has 0 spiro atoms. The van der Waals surface area contributed by atoms with Crippen molar-refractivity contribution in [3.05, 3.63) is 29.3 Å². The molecule has 84 valence electrons. The molecule has 1 aromatic rings. The molecule has 2 heteroatoms. The number of benzene rings is 1. The Balaban J connectivity index is 1.80. The minimum Gasteiger partial charge on any atom is -0.371 e. The zero-order valence-corrected chi connectivity index (χ0v) is 9.48. The number of nitrogens with zero attached hydrogens (tertiary/aromatic N) is 1. The predicted molar refractivity (Wildman–Crippen MR) is 64.9 cm³/mol. The minimum absolute atomic E-state index is 0.551. The first kappa shape index (κ1) is 9.88. The number of carbonyl (C=O) groups is 1. The van der Waals surface area contributed by atoms with Crippen LogP contribution in [0.25, 0.3) is 0 Å². The number of aldehydes is 1. The number of fused-ring (bicyclic) bond motifs is 1. The Morgan fingerprint density at radius 1 is 1.38 bits per heavy atom. The van der Waals surface area contributed by atoms with E-state index in [1.54, 1.807) is 0 Å². The summed E-state index contributed by atoms with van der Waals surface area (Å²) in [5, 5.41) is 0. The molecule has 1 aromatic carbocycles. The Hall–Kier alpha value is -1.31. The molecule has 1 fully saturated rings. The van der Waals surface area contributed by atoms with Crippen LogP contribution in [0.5, 0.6) is 0 Å². The van der Waals surface area contributed by atoms with Gasteiger partial charge in [0.2, 0.25) is 0 Å². The highest BCUT2D eigenvalue weighted by Crippen LogP contribution is 2.35. The highest BCUT2D eigenvalue weighted by molar-refractivity contribution is 5.62. The monoisotopic (exact) mass is 215 g/mol. The number of rotatable bonds is 4. The molecule has 0 unspecified atom stereocenters. The van der Waals surface area contributed by atoms with Gasteiger partial charge in [0.05, 0.1) is 0 Å². The van der Waals surface area contributed by atoms with Crippen LogP contribution in [-0.2, 0) is 17.6 Å². The summed E-state index contributed by atoms with van der Waals surface area (Å²) in [6, 6.07) is 6.50. The van der Waals surface area contributed by atoms with Crippen LogP contribution in [0.4, 0.5) is 5.69 Å². The molecule has 1 heterocycles. The Labute approximate surface area is 96.3 Å². The summed E-state index contributed by atoms with van der Waals surface area (Å²) >= 11 is 0. The van der Waals surface area contributed by atoms with E-state index in [4.69, 9.17) is 0 Å². The lowest BCUT2D eigenvalue weighted by molar-refractivity contribution is -0.107. The molecule has 1 aliphatic carbocycles. The standard InChI is InChI=1S/C14H17NO/c16-8-6-11-3-4-14-13(9-11)5-7-15(14)10-12-1-2-12/h3-4,8-9,12H,1-2,5-7,10H2. The second-order valence-electron chi connectivity index (χ2n) is 4.97. The highest BCUT2D eigenvalue weighted by atomic mass is 16.1. The van der Waals surface area contributed by atoms with Gasteiger partial charge in [0, 0.05) is 25.2 Å². The molecular formula is C14H17NO. The summed E-state index contributed by atoms with van der Waals surface area (Å²) < 4.78 is 0. The normalized spacial score (nSPS) is 18.6. The van der Waals surface area contributed by atoms with E-state index in [0.29, 0.717) is 6.42 Å². The lowest BCUT2D eigenvalue weighted by Crippen LogP contribution is -2.22. The average molecular weight is 215 g/mol. The fraction of sp³-hybridized carbons (Fsp3) is 0.500. The Bertz CT molecular complexity index is 409. The maximum absolute atomic E-state index is 10.5. The van der Waals surface area contributed by atoms with Gasteiger partial charge in [-0.25, -0.2) is 0 Å². The molecule has 2 aliphatic rings. The topological polar surface area (TPSA) is 20.3 Å². The van der Waals surface area contributed by atoms with Crippen LogP contribution in [-0.4, -0.2) is 19.4 Å². The van der Waals surface area contributed by atoms with E-state index in [9.17, 15) is 4.79 Å². The predicted octanol–water partition coefficient (Wildman–Crippen LogP) is 2.20. The molecule has 0 bridgehead atoms. The molecule has 0 radical (unpaired) electrons. The SMILES string of the molecule is O=CCc1ccc2c(c1)CCN2CC1CC1. The van der Waals surface area contributed by atoms with Crippen LogP contribution < -0.4 is 4.90 Å². The third-order valence-corrected chi connectivity index (χ3v) is 3.63. The van der Waals surface area contributed by atoms with E-state index < -0.39 is 0 Å². The fourth-order valence-corrected chi connectivity index (χ4v) is 2.55. The Kier molecular flexibility index (Phi) is 2.43. The van der Waals surface area contributed by atoms with Crippen molar-refractivity contribution in [2.75, 3.05) is 18.0 Å². The van der Waals surface area contributed by atoms with Crippen molar-refractivity contribution in [2.45, 2.75) is 25.7 Å². The van der Waals surface area contributed by atoms with Gasteiger partial charge in [-0.15, -0.1) is 0 Å². The van der Waals surface area contributed by atoms with Crippen LogP contribution in [0, 0.1) is 5.92 Å². The summed E-state index contributed by atoms with van der Waals surface area (Å²) in [5.74, 6) is 0.945. The van der Waals surface area contributed by atoms with Crippen molar-refractivity contribution in [3.63, 3.8) is 0 Å². The van der Waals surface area contributed by atoms with Crippen molar-refractivity contribution < 1.29 is 4.79 Å². The molecule has 1 aliphatic heterocycles. The largest absolute Gasteiger partial charge is 0.371 e. The fourth-order valence-electron chi connectivity index (χ4n) is 2.55. The first-order valence-electron chi connectivity index (χ1n) is 6.17. The first-order valence-corrected chi connectivity index (χ1v) is 6.17. The van der Waals surface area contributed by atoms with Gasteiger partial charge in [0.15, 0.2) is 0 Å². The van der Waals surface area contributed by atoms with Crippen molar-refractivity contribution in [2.24, 2.45) is 5.92 Å². The summed E-state index contributed by atoms with van der Waals surface area (Å²) in [6.45, 7) is 2.40. The summed E-state index contributed by atoms with van der Waals surface area (Å²) in [4.78, 5) is 13.0. The number of anilines is 1. The second kappa shape index (κ2) is 3.93. The summed E-state index contributed by atoms with van der Waals surface area (Å²) in [6.07, 6.45) is 5.51. The second-order valence-corrected chi connectivity index (χ2v) is 4.97. The first-order chi connectivity index (χ1) is 7.86. The van der Waals surface area contributed by atoms with Gasteiger partial charge in [-0.05, 0) is 42.4 Å². The van der Waals surface area contributed by atoms with Crippen molar-refractivity contribution in [1.29, 1.82) is 0 Å². The Morgan fingerprint density at radius 2 is 2.25 bits per heavy atom. The van der Waals surface area contributed by atoms with Crippen molar-refractivity contribution in [3.8, 4) is 0 Å². The highest BCUT2D eigenvalue weighted by Gasteiger charge is 2.27. The molecule has 0 N–H and O–H groups in total. The molecule has 16 heavy (non-hydrogen) atoms. The molecule has 1 saturated carbocycles. The summed E-state index contributed by atoms with van der Waals surface area (Å²) in [5.41, 5.74) is 3.99. The van der Waals surface area contributed by atoms with E-state index in [2.05, 4.69) is 23.1 Å². The molecule has 0 aromatic heterocycles. The van der Waals surface area contributed by atoms with Gasteiger partial charge in [-0.1, -0.05) is 12.1 Å². The van der Waals surface area contributed by atoms with E-state index in [-0.39, 0.29) is 0 Å². The van der Waals surface area contributed by atoms with Gasteiger partial charge in [-0.3, -0.25) is 0 Å². The van der Waals surface area contributed by atoms with Crippen LogP contribution in [0.3, 0.4) is 0 Å². The van der Waals surface area contributed by atoms with Gasteiger partial charge >= 0.3 is 0 Å². The van der Waals surface area contributed by atoms with Gasteiger partial charge in [0.25, 0.3) is 0 Å². The van der Waals surface area contributed by atoms with Crippen LogP contribution >= 0.6 is 0 Å². The van der Waals surface area contributed by atoms with E-state index >= 15 is 0 Å². The van der Waals surface area contributed by atoms with Gasteiger partial charge in [-0.2, -0.15) is 0 Å². The minimum atomic E-state index is 0.551. The van der Waals surface area contributed by atoms with E-state index in [1.165, 1.54) is 30.6 Å². The zero-order valence-electron chi connectivity index (χ0n) is 9.48. The third kappa shape index (κ3) is 1.84. The number of carbonyl (C=O) groups excluding carboxylic acids is 1. The third-order valence-electron chi connectivity index (χ3n) is 3.63. The average Bonchev–Trinajstić information content (AvgIpc) is 3.01. The molecule has 0 amide bonds. The summed E-state index contributed by atoms with van der Waals surface area (Å²) in [7, 11) is 0. The van der Waals surface area contributed by atoms with Gasteiger partial charge < -0.3 is 9.69 Å². The molecule has 3 rings (SSSR count).